The summed E-state index contributed by atoms with van der Waals surface area (Å²) in [6, 6.07) is 0. The molecule has 1 fully saturated rings. The minimum atomic E-state index is -0.326. The Hall–Kier alpha value is -1.36. The molecule has 0 aliphatic heterocycles. The number of aryl methyl sites for hydroxylation is 1. The number of aromatic amines is 1. The Balaban J connectivity index is 1.81. The molecule has 0 amide bonds. The lowest BCUT2D eigenvalue weighted by atomic mass is 10.1. The Morgan fingerprint density at radius 1 is 1.39 bits per heavy atom. The third-order valence-electron chi connectivity index (χ3n) is 3.63. The van der Waals surface area contributed by atoms with E-state index in [0.29, 0.717) is 12.1 Å². The highest BCUT2D eigenvalue weighted by Gasteiger charge is 2.13. The van der Waals surface area contributed by atoms with E-state index in [0.717, 1.165) is 19.0 Å². The van der Waals surface area contributed by atoms with Gasteiger partial charge in [0.25, 0.3) is 5.56 Å². The molecule has 100 valence electrons. The predicted molar refractivity (Wildman–Crippen MR) is 70.9 cm³/mol. The van der Waals surface area contributed by atoms with E-state index in [4.69, 9.17) is 0 Å². The smallest absolute Gasteiger partial charge is 0.315 e. The summed E-state index contributed by atoms with van der Waals surface area (Å²) < 4.78 is 1.55. The molecule has 5 heteroatoms. The van der Waals surface area contributed by atoms with Crippen LogP contribution in [0, 0.1) is 12.8 Å². The maximum Gasteiger partial charge on any atom is 0.328 e. The normalized spacial score (nSPS) is 16.3. The Kier molecular flexibility index (Phi) is 4.36. The van der Waals surface area contributed by atoms with Gasteiger partial charge < -0.3 is 5.32 Å². The van der Waals surface area contributed by atoms with Gasteiger partial charge in [-0.1, -0.05) is 12.8 Å². The lowest BCUT2D eigenvalue weighted by Crippen LogP contribution is -2.34. The molecule has 1 aliphatic carbocycles. The average Bonchev–Trinajstić information content (AvgIpc) is 2.84. The zero-order chi connectivity index (χ0) is 13.0. The largest absolute Gasteiger partial charge is 0.328 e. The third-order valence-corrected chi connectivity index (χ3v) is 3.63. The van der Waals surface area contributed by atoms with Gasteiger partial charge in [-0.2, -0.15) is 0 Å². The van der Waals surface area contributed by atoms with Crippen molar-refractivity contribution in [3.63, 3.8) is 0 Å². The monoisotopic (exact) mass is 251 g/mol. The van der Waals surface area contributed by atoms with Gasteiger partial charge in [0, 0.05) is 24.8 Å². The second kappa shape index (κ2) is 6.00. The van der Waals surface area contributed by atoms with E-state index >= 15 is 0 Å². The SMILES string of the molecule is Cc1cn(CCNCC2CCCC2)c(=O)[nH]c1=O. The molecular weight excluding hydrogens is 230 g/mol. The van der Waals surface area contributed by atoms with Crippen LogP contribution in [-0.4, -0.2) is 22.6 Å². The van der Waals surface area contributed by atoms with E-state index < -0.39 is 0 Å². The summed E-state index contributed by atoms with van der Waals surface area (Å²) in [4.78, 5) is 25.0. The molecule has 1 aliphatic rings. The second-order valence-corrected chi connectivity index (χ2v) is 5.12. The predicted octanol–water partition coefficient (Wildman–Crippen LogP) is 0.625. The van der Waals surface area contributed by atoms with E-state index in [2.05, 4.69) is 10.3 Å². The molecule has 18 heavy (non-hydrogen) atoms. The number of H-pyrrole nitrogens is 1. The molecule has 1 saturated carbocycles. The number of nitrogens with one attached hydrogen (secondary N) is 2. The summed E-state index contributed by atoms with van der Waals surface area (Å²) in [6.07, 6.45) is 6.98. The van der Waals surface area contributed by atoms with Crippen molar-refractivity contribution in [3.05, 3.63) is 32.6 Å². The van der Waals surface area contributed by atoms with Crippen LogP contribution in [0.25, 0.3) is 0 Å². The van der Waals surface area contributed by atoms with Crippen LogP contribution in [0.1, 0.15) is 31.2 Å². The molecule has 0 spiro atoms. The van der Waals surface area contributed by atoms with Crippen LogP contribution in [0.4, 0.5) is 0 Å². The van der Waals surface area contributed by atoms with Crippen molar-refractivity contribution in [1.82, 2.24) is 14.9 Å². The maximum atomic E-state index is 11.5. The first kappa shape index (κ1) is 13.1. The fourth-order valence-corrected chi connectivity index (χ4v) is 2.50. The maximum absolute atomic E-state index is 11.5. The van der Waals surface area contributed by atoms with Crippen LogP contribution >= 0.6 is 0 Å². The molecule has 0 saturated heterocycles. The van der Waals surface area contributed by atoms with E-state index in [1.165, 1.54) is 25.7 Å². The summed E-state index contributed by atoms with van der Waals surface area (Å²) in [5.74, 6) is 0.805. The summed E-state index contributed by atoms with van der Waals surface area (Å²) in [5.41, 5.74) is -0.0474. The van der Waals surface area contributed by atoms with Gasteiger partial charge in [-0.25, -0.2) is 4.79 Å². The number of nitrogens with zero attached hydrogens (tertiary/aromatic N) is 1. The Morgan fingerprint density at radius 2 is 2.11 bits per heavy atom. The van der Waals surface area contributed by atoms with E-state index in [1.807, 2.05) is 0 Å². The van der Waals surface area contributed by atoms with Crippen molar-refractivity contribution in [3.8, 4) is 0 Å². The molecule has 1 heterocycles. The molecule has 0 radical (unpaired) electrons. The standard InChI is InChI=1S/C13H21N3O2/c1-10-9-16(13(18)15-12(10)17)7-6-14-8-11-4-2-3-5-11/h9,11,14H,2-8H2,1H3,(H,15,17,18). The molecule has 5 nitrogen and oxygen atoms in total. The van der Waals surface area contributed by atoms with Crippen LogP contribution in [0.3, 0.4) is 0 Å². The molecule has 0 unspecified atom stereocenters. The molecular formula is C13H21N3O2. The highest BCUT2D eigenvalue weighted by atomic mass is 16.2. The number of aromatic nitrogens is 2. The van der Waals surface area contributed by atoms with Gasteiger partial charge in [0.2, 0.25) is 0 Å². The van der Waals surface area contributed by atoms with E-state index in [9.17, 15) is 9.59 Å². The molecule has 0 aromatic carbocycles. The van der Waals surface area contributed by atoms with Crippen LogP contribution < -0.4 is 16.6 Å². The fraction of sp³-hybridized carbons (Fsp3) is 0.692. The summed E-state index contributed by atoms with van der Waals surface area (Å²) in [7, 11) is 0. The Labute approximate surface area is 106 Å². The number of hydrogen-bond acceptors (Lipinski definition) is 3. The molecule has 2 N–H and O–H groups in total. The van der Waals surface area contributed by atoms with Crippen molar-refractivity contribution in [2.45, 2.75) is 39.2 Å². The number of rotatable bonds is 5. The van der Waals surface area contributed by atoms with Crippen LogP contribution in [0.15, 0.2) is 15.8 Å². The van der Waals surface area contributed by atoms with Gasteiger partial charge in [-0.05, 0) is 32.2 Å². The molecule has 1 aromatic rings. The first-order valence-corrected chi connectivity index (χ1v) is 6.68. The zero-order valence-corrected chi connectivity index (χ0v) is 10.9. The average molecular weight is 251 g/mol. The summed E-state index contributed by atoms with van der Waals surface area (Å²) >= 11 is 0. The van der Waals surface area contributed by atoms with Crippen LogP contribution in [-0.2, 0) is 6.54 Å². The molecule has 2 rings (SSSR count). The third kappa shape index (κ3) is 3.32. The van der Waals surface area contributed by atoms with Gasteiger partial charge in [0.05, 0.1) is 0 Å². The van der Waals surface area contributed by atoms with Gasteiger partial charge >= 0.3 is 5.69 Å². The van der Waals surface area contributed by atoms with Crippen molar-refractivity contribution in [2.24, 2.45) is 5.92 Å². The van der Waals surface area contributed by atoms with Gasteiger partial charge in [0.1, 0.15) is 0 Å². The van der Waals surface area contributed by atoms with Crippen molar-refractivity contribution >= 4 is 0 Å². The first-order chi connectivity index (χ1) is 8.66. The van der Waals surface area contributed by atoms with Crippen molar-refractivity contribution < 1.29 is 0 Å². The lowest BCUT2D eigenvalue weighted by molar-refractivity contribution is 0.472. The summed E-state index contributed by atoms with van der Waals surface area (Å²) in [5, 5.41) is 3.39. The van der Waals surface area contributed by atoms with Gasteiger partial charge in [-0.15, -0.1) is 0 Å². The highest BCUT2D eigenvalue weighted by Crippen LogP contribution is 2.23. The Morgan fingerprint density at radius 3 is 2.83 bits per heavy atom. The van der Waals surface area contributed by atoms with Gasteiger partial charge in [-0.3, -0.25) is 14.3 Å². The van der Waals surface area contributed by atoms with Crippen LogP contribution in [0.5, 0.6) is 0 Å². The summed E-state index contributed by atoms with van der Waals surface area (Å²) in [6.45, 7) is 4.11. The minimum Gasteiger partial charge on any atom is -0.315 e. The number of hydrogen-bond donors (Lipinski definition) is 2. The highest BCUT2D eigenvalue weighted by molar-refractivity contribution is 5.00. The molecule has 0 atom stereocenters. The zero-order valence-electron chi connectivity index (χ0n) is 10.9. The minimum absolute atomic E-state index is 0.296. The fourth-order valence-electron chi connectivity index (χ4n) is 2.50. The van der Waals surface area contributed by atoms with E-state index in [-0.39, 0.29) is 11.2 Å². The lowest BCUT2D eigenvalue weighted by Gasteiger charge is -2.11. The van der Waals surface area contributed by atoms with Crippen molar-refractivity contribution in [1.29, 1.82) is 0 Å². The quantitative estimate of drug-likeness (QED) is 0.754. The van der Waals surface area contributed by atoms with E-state index in [1.54, 1.807) is 17.7 Å². The van der Waals surface area contributed by atoms with Gasteiger partial charge in [0.15, 0.2) is 0 Å². The Bertz CT molecular complexity index is 498. The van der Waals surface area contributed by atoms with Crippen LogP contribution in [0.2, 0.25) is 0 Å². The molecule has 1 aromatic heterocycles. The second-order valence-electron chi connectivity index (χ2n) is 5.12. The van der Waals surface area contributed by atoms with Crippen molar-refractivity contribution in [2.75, 3.05) is 13.1 Å². The topological polar surface area (TPSA) is 66.9 Å². The molecule has 0 bridgehead atoms. The first-order valence-electron chi connectivity index (χ1n) is 6.68.